The second-order valence-electron chi connectivity index (χ2n) is 4.80. The highest BCUT2D eigenvalue weighted by molar-refractivity contribution is 5.91. The Labute approximate surface area is 112 Å². The molecule has 19 heavy (non-hydrogen) atoms. The predicted molar refractivity (Wildman–Crippen MR) is 73.3 cm³/mol. The Morgan fingerprint density at radius 3 is 2.47 bits per heavy atom. The molecule has 1 N–H and O–H groups in total. The Morgan fingerprint density at radius 1 is 1.21 bits per heavy atom. The molecule has 0 spiro atoms. The van der Waals surface area contributed by atoms with E-state index in [-0.39, 0.29) is 5.92 Å². The molecule has 2 heterocycles. The minimum atomic E-state index is -0.931. The molecule has 0 atom stereocenters. The van der Waals surface area contributed by atoms with E-state index < -0.39 is 5.97 Å². The van der Waals surface area contributed by atoms with Gasteiger partial charge < -0.3 is 5.11 Å². The summed E-state index contributed by atoms with van der Waals surface area (Å²) in [6.07, 6.45) is 3.28. The van der Waals surface area contributed by atoms with E-state index in [1.165, 1.54) is 12.3 Å². The molecular formula is C15H16N2O2. The van der Waals surface area contributed by atoms with Crippen LogP contribution in [0.1, 0.15) is 41.3 Å². The van der Waals surface area contributed by atoms with Gasteiger partial charge in [-0.05, 0) is 36.1 Å². The molecule has 0 aliphatic carbocycles. The smallest absolute Gasteiger partial charge is 0.336 e. The molecule has 2 rings (SSSR count). The molecule has 2 aromatic heterocycles. The topological polar surface area (TPSA) is 63.1 Å². The number of hydrogen-bond donors (Lipinski definition) is 1. The largest absolute Gasteiger partial charge is 0.478 e. The average Bonchev–Trinajstić information content (AvgIpc) is 2.38. The summed E-state index contributed by atoms with van der Waals surface area (Å²) in [7, 11) is 0. The molecule has 0 aromatic carbocycles. The van der Waals surface area contributed by atoms with Crippen molar-refractivity contribution in [2.24, 2.45) is 0 Å². The first-order chi connectivity index (χ1) is 9.00. The van der Waals surface area contributed by atoms with Gasteiger partial charge >= 0.3 is 5.97 Å². The van der Waals surface area contributed by atoms with Crippen molar-refractivity contribution in [3.8, 4) is 11.4 Å². The number of pyridine rings is 2. The molecule has 0 fully saturated rings. The van der Waals surface area contributed by atoms with Crippen molar-refractivity contribution in [1.29, 1.82) is 0 Å². The van der Waals surface area contributed by atoms with Crippen LogP contribution in [0.4, 0.5) is 0 Å². The van der Waals surface area contributed by atoms with Crippen molar-refractivity contribution in [3.05, 3.63) is 47.3 Å². The third kappa shape index (κ3) is 2.62. The number of hydrogen-bond acceptors (Lipinski definition) is 3. The predicted octanol–water partition coefficient (Wildman–Crippen LogP) is 3.27. The summed E-state index contributed by atoms with van der Waals surface area (Å²) in [5.74, 6) is -0.864. The summed E-state index contributed by atoms with van der Waals surface area (Å²) in [5.41, 5.74) is 3.44. The van der Waals surface area contributed by atoms with Crippen LogP contribution in [0, 0.1) is 6.92 Å². The summed E-state index contributed by atoms with van der Waals surface area (Å²) in [6.45, 7) is 5.88. The van der Waals surface area contributed by atoms with Crippen LogP contribution in [-0.2, 0) is 0 Å². The normalized spacial score (nSPS) is 10.7. The number of carboxylic acids is 1. The van der Waals surface area contributed by atoms with E-state index in [0.29, 0.717) is 17.0 Å². The molecule has 4 nitrogen and oxygen atoms in total. The fourth-order valence-electron chi connectivity index (χ4n) is 2.06. The SMILES string of the molecule is Cc1ccc(-c2nccc(C(=O)O)c2C(C)C)nc1. The standard InChI is InChI=1S/C15H16N2O2/c1-9(2)13-11(15(18)19)6-7-16-14(13)12-5-4-10(3)8-17-12/h4-9H,1-3H3,(H,18,19). The van der Waals surface area contributed by atoms with Crippen LogP contribution in [0.2, 0.25) is 0 Å². The zero-order valence-corrected chi connectivity index (χ0v) is 11.2. The van der Waals surface area contributed by atoms with Gasteiger partial charge in [-0.2, -0.15) is 0 Å². The van der Waals surface area contributed by atoms with E-state index >= 15 is 0 Å². The molecule has 0 saturated carbocycles. The molecule has 0 amide bonds. The minimum absolute atomic E-state index is 0.0675. The van der Waals surface area contributed by atoms with Crippen molar-refractivity contribution >= 4 is 5.97 Å². The Hall–Kier alpha value is -2.23. The van der Waals surface area contributed by atoms with Crippen molar-refractivity contribution in [1.82, 2.24) is 9.97 Å². The lowest BCUT2D eigenvalue weighted by molar-refractivity contribution is 0.0695. The maximum absolute atomic E-state index is 11.3. The van der Waals surface area contributed by atoms with E-state index in [2.05, 4.69) is 9.97 Å². The van der Waals surface area contributed by atoms with E-state index in [1.54, 1.807) is 6.20 Å². The molecule has 0 radical (unpaired) electrons. The van der Waals surface area contributed by atoms with Gasteiger partial charge in [0.1, 0.15) is 0 Å². The lowest BCUT2D eigenvalue weighted by Crippen LogP contribution is -2.07. The van der Waals surface area contributed by atoms with Crippen molar-refractivity contribution in [2.45, 2.75) is 26.7 Å². The zero-order chi connectivity index (χ0) is 14.0. The van der Waals surface area contributed by atoms with Gasteiger partial charge in [-0.1, -0.05) is 19.9 Å². The number of carbonyl (C=O) groups is 1. The van der Waals surface area contributed by atoms with Gasteiger partial charge in [-0.25, -0.2) is 4.79 Å². The Bertz CT molecular complexity index is 604. The first-order valence-electron chi connectivity index (χ1n) is 6.16. The van der Waals surface area contributed by atoms with Crippen LogP contribution in [-0.4, -0.2) is 21.0 Å². The number of aryl methyl sites for hydroxylation is 1. The minimum Gasteiger partial charge on any atom is -0.478 e. The third-order valence-electron chi connectivity index (χ3n) is 2.95. The second kappa shape index (κ2) is 5.18. The van der Waals surface area contributed by atoms with E-state index in [1.807, 2.05) is 32.9 Å². The van der Waals surface area contributed by atoms with Gasteiger partial charge in [0.05, 0.1) is 17.0 Å². The van der Waals surface area contributed by atoms with Gasteiger partial charge in [-0.15, -0.1) is 0 Å². The van der Waals surface area contributed by atoms with Crippen LogP contribution >= 0.6 is 0 Å². The highest BCUT2D eigenvalue weighted by Gasteiger charge is 2.19. The maximum Gasteiger partial charge on any atom is 0.336 e. The third-order valence-corrected chi connectivity index (χ3v) is 2.95. The van der Waals surface area contributed by atoms with Crippen LogP contribution in [0.5, 0.6) is 0 Å². The summed E-state index contributed by atoms with van der Waals surface area (Å²) in [5, 5.41) is 9.28. The quantitative estimate of drug-likeness (QED) is 0.915. The number of aromatic carboxylic acids is 1. The van der Waals surface area contributed by atoms with E-state index in [0.717, 1.165) is 11.1 Å². The average molecular weight is 256 g/mol. The summed E-state index contributed by atoms with van der Waals surface area (Å²) in [4.78, 5) is 20.0. The molecule has 0 aliphatic heterocycles. The second-order valence-corrected chi connectivity index (χ2v) is 4.80. The lowest BCUT2D eigenvalue weighted by Gasteiger charge is -2.14. The summed E-state index contributed by atoms with van der Waals surface area (Å²) in [6, 6.07) is 5.35. The molecule has 0 bridgehead atoms. The fourth-order valence-corrected chi connectivity index (χ4v) is 2.06. The lowest BCUT2D eigenvalue weighted by atomic mass is 9.94. The highest BCUT2D eigenvalue weighted by atomic mass is 16.4. The highest BCUT2D eigenvalue weighted by Crippen LogP contribution is 2.29. The first-order valence-corrected chi connectivity index (χ1v) is 6.16. The number of nitrogens with zero attached hydrogens (tertiary/aromatic N) is 2. The molecule has 0 saturated heterocycles. The molecule has 2 aromatic rings. The molecule has 98 valence electrons. The molecule has 4 heteroatoms. The molecule has 0 unspecified atom stereocenters. The van der Waals surface area contributed by atoms with Gasteiger partial charge in [0, 0.05) is 12.4 Å². The monoisotopic (exact) mass is 256 g/mol. The van der Waals surface area contributed by atoms with Crippen molar-refractivity contribution in [3.63, 3.8) is 0 Å². The van der Waals surface area contributed by atoms with Gasteiger partial charge in [-0.3, -0.25) is 9.97 Å². The Balaban J connectivity index is 2.66. The maximum atomic E-state index is 11.3. The van der Waals surface area contributed by atoms with Crippen molar-refractivity contribution in [2.75, 3.05) is 0 Å². The Morgan fingerprint density at radius 2 is 1.95 bits per heavy atom. The summed E-state index contributed by atoms with van der Waals surface area (Å²) < 4.78 is 0. The zero-order valence-electron chi connectivity index (χ0n) is 11.2. The molecule has 0 aliphatic rings. The van der Waals surface area contributed by atoms with Crippen LogP contribution in [0.15, 0.2) is 30.6 Å². The van der Waals surface area contributed by atoms with Gasteiger partial charge in [0.25, 0.3) is 0 Å². The fraction of sp³-hybridized carbons (Fsp3) is 0.267. The number of aromatic nitrogens is 2. The van der Waals surface area contributed by atoms with E-state index in [4.69, 9.17) is 0 Å². The molecular weight excluding hydrogens is 240 g/mol. The Kier molecular flexibility index (Phi) is 3.60. The van der Waals surface area contributed by atoms with Crippen LogP contribution in [0.3, 0.4) is 0 Å². The first kappa shape index (κ1) is 13.2. The van der Waals surface area contributed by atoms with Crippen LogP contribution < -0.4 is 0 Å². The summed E-state index contributed by atoms with van der Waals surface area (Å²) >= 11 is 0. The van der Waals surface area contributed by atoms with E-state index in [9.17, 15) is 9.90 Å². The van der Waals surface area contributed by atoms with Crippen molar-refractivity contribution < 1.29 is 9.90 Å². The van der Waals surface area contributed by atoms with Gasteiger partial charge in [0.2, 0.25) is 0 Å². The van der Waals surface area contributed by atoms with Gasteiger partial charge in [0.15, 0.2) is 0 Å². The van der Waals surface area contributed by atoms with Crippen LogP contribution in [0.25, 0.3) is 11.4 Å². The number of carboxylic acid groups (broad SMARTS) is 1. The number of rotatable bonds is 3.